The number of nitro groups is 1. The maximum absolute atomic E-state index is 14.1. The number of carbonyl (C=O) groups is 2. The van der Waals surface area contributed by atoms with Crippen LogP contribution in [0.1, 0.15) is 39.2 Å². The van der Waals surface area contributed by atoms with Crippen molar-refractivity contribution in [2.75, 3.05) is 18.0 Å². The summed E-state index contributed by atoms with van der Waals surface area (Å²) in [4.78, 5) is 39.6. The van der Waals surface area contributed by atoms with Crippen molar-refractivity contribution in [2.24, 2.45) is 0 Å². The summed E-state index contributed by atoms with van der Waals surface area (Å²) in [5.41, 5.74) is 0.317. The third-order valence-electron chi connectivity index (χ3n) is 6.84. The van der Waals surface area contributed by atoms with Crippen LogP contribution in [0.25, 0.3) is 0 Å². The first kappa shape index (κ1) is 32.1. The summed E-state index contributed by atoms with van der Waals surface area (Å²) < 4.78 is 33.8. The fraction of sp³-hybridized carbons (Fsp3) is 0.333. The van der Waals surface area contributed by atoms with E-state index in [0.717, 1.165) is 10.4 Å². The van der Waals surface area contributed by atoms with Gasteiger partial charge in [-0.3, -0.25) is 24.0 Å². The smallest absolute Gasteiger partial charge is 0.271 e. The Kier molecular flexibility index (Phi) is 11.0. The largest absolute Gasteiger partial charge is 0.497 e. The maximum Gasteiger partial charge on any atom is 0.271 e. The van der Waals surface area contributed by atoms with E-state index < -0.39 is 33.4 Å². The molecule has 0 bridgehead atoms. The summed E-state index contributed by atoms with van der Waals surface area (Å²) in [6.07, 6.45) is 0.955. The van der Waals surface area contributed by atoms with Crippen LogP contribution in [0.15, 0.2) is 83.8 Å². The number of nitro benzene ring substituents is 1. The second-order valence-electron chi connectivity index (χ2n) is 9.71. The molecule has 0 heterocycles. The molecule has 0 saturated carbocycles. The highest BCUT2D eigenvalue weighted by Crippen LogP contribution is 2.28. The Morgan fingerprint density at radius 1 is 0.976 bits per heavy atom. The van der Waals surface area contributed by atoms with Crippen molar-refractivity contribution in [2.45, 2.75) is 57.1 Å². The van der Waals surface area contributed by atoms with Gasteiger partial charge in [-0.15, -0.1) is 0 Å². The van der Waals surface area contributed by atoms with Crippen molar-refractivity contribution in [1.82, 2.24) is 10.2 Å². The number of nitrogens with one attached hydrogen (secondary N) is 1. The lowest BCUT2D eigenvalue weighted by Crippen LogP contribution is -2.53. The molecule has 3 aromatic carbocycles. The predicted octanol–water partition coefficient (Wildman–Crippen LogP) is 4.52. The van der Waals surface area contributed by atoms with Crippen molar-refractivity contribution in [3.63, 3.8) is 0 Å². The molecule has 11 nitrogen and oxygen atoms in total. The van der Waals surface area contributed by atoms with Crippen molar-refractivity contribution >= 4 is 33.2 Å². The average molecular weight is 597 g/mol. The number of non-ortho nitro benzene ring substituents is 1. The summed E-state index contributed by atoms with van der Waals surface area (Å²) in [5.74, 6) is -0.395. The van der Waals surface area contributed by atoms with E-state index >= 15 is 0 Å². The molecule has 3 aromatic rings. The third-order valence-corrected chi connectivity index (χ3v) is 8.63. The number of anilines is 1. The number of benzene rings is 3. The molecular weight excluding hydrogens is 560 g/mol. The summed E-state index contributed by atoms with van der Waals surface area (Å²) >= 11 is 0. The summed E-state index contributed by atoms with van der Waals surface area (Å²) in [5, 5.41) is 14.4. The van der Waals surface area contributed by atoms with Gasteiger partial charge in [0.25, 0.3) is 15.7 Å². The van der Waals surface area contributed by atoms with Crippen LogP contribution in [-0.4, -0.2) is 55.8 Å². The summed E-state index contributed by atoms with van der Waals surface area (Å²) in [6.45, 7) is 4.88. The van der Waals surface area contributed by atoms with Gasteiger partial charge in [-0.1, -0.05) is 50.2 Å². The minimum absolute atomic E-state index is 0.0173. The number of amides is 2. The first-order valence-corrected chi connectivity index (χ1v) is 15.0. The van der Waals surface area contributed by atoms with Crippen LogP contribution >= 0.6 is 0 Å². The van der Waals surface area contributed by atoms with Crippen molar-refractivity contribution < 1.29 is 27.7 Å². The molecule has 0 saturated heterocycles. The molecule has 0 radical (unpaired) electrons. The number of ether oxygens (including phenoxy) is 1. The van der Waals surface area contributed by atoms with Crippen molar-refractivity contribution in [3.05, 3.63) is 94.5 Å². The zero-order valence-corrected chi connectivity index (χ0v) is 24.9. The van der Waals surface area contributed by atoms with Crippen LogP contribution in [0.3, 0.4) is 0 Å². The lowest BCUT2D eigenvalue weighted by atomic mass is 10.1. The molecule has 0 aliphatic heterocycles. The zero-order chi connectivity index (χ0) is 30.9. The van der Waals surface area contributed by atoms with Crippen LogP contribution in [-0.2, 0) is 26.2 Å². The SMILES string of the molecule is CC[C@@H](C)NC(=O)[C@H](CC)N(Cc1ccc(OC)cc1)C(=O)CN(c1cccc([N+](=O)[O-])c1)S(=O)(=O)c1ccccc1. The fourth-order valence-electron chi connectivity index (χ4n) is 4.30. The van der Waals surface area contributed by atoms with E-state index in [1.165, 1.54) is 42.3 Å². The van der Waals surface area contributed by atoms with Gasteiger partial charge < -0.3 is 15.0 Å². The topological polar surface area (TPSA) is 139 Å². The van der Waals surface area contributed by atoms with Crippen LogP contribution in [0.5, 0.6) is 5.75 Å². The fourth-order valence-corrected chi connectivity index (χ4v) is 5.73. The first-order valence-electron chi connectivity index (χ1n) is 13.6. The highest BCUT2D eigenvalue weighted by Gasteiger charge is 2.34. The van der Waals surface area contributed by atoms with Gasteiger partial charge in [-0.05, 0) is 55.7 Å². The Labute approximate surface area is 246 Å². The van der Waals surface area contributed by atoms with Crippen LogP contribution in [0.2, 0.25) is 0 Å². The molecule has 224 valence electrons. The molecule has 0 fully saturated rings. The number of methoxy groups -OCH3 is 1. The van der Waals surface area contributed by atoms with E-state index in [0.29, 0.717) is 17.7 Å². The van der Waals surface area contributed by atoms with Crippen molar-refractivity contribution in [1.29, 1.82) is 0 Å². The predicted molar refractivity (Wildman–Crippen MR) is 160 cm³/mol. The van der Waals surface area contributed by atoms with Crippen LogP contribution in [0.4, 0.5) is 11.4 Å². The number of nitrogens with zero attached hydrogens (tertiary/aromatic N) is 3. The highest BCUT2D eigenvalue weighted by molar-refractivity contribution is 7.92. The molecule has 42 heavy (non-hydrogen) atoms. The Morgan fingerprint density at radius 2 is 1.64 bits per heavy atom. The summed E-state index contributed by atoms with van der Waals surface area (Å²) in [6, 6.07) is 18.5. The number of sulfonamides is 1. The quantitative estimate of drug-likeness (QED) is 0.213. The number of carbonyl (C=O) groups excluding carboxylic acids is 2. The van der Waals surface area contributed by atoms with E-state index in [9.17, 15) is 28.1 Å². The molecule has 2 amide bonds. The second-order valence-corrected chi connectivity index (χ2v) is 11.6. The number of hydrogen-bond donors (Lipinski definition) is 1. The number of rotatable bonds is 14. The van der Waals surface area contributed by atoms with E-state index in [-0.39, 0.29) is 41.2 Å². The van der Waals surface area contributed by atoms with Gasteiger partial charge in [-0.25, -0.2) is 8.42 Å². The molecule has 0 spiro atoms. The van der Waals surface area contributed by atoms with Crippen LogP contribution in [0, 0.1) is 10.1 Å². The standard InChI is InChI=1S/C30H36N4O7S/c1-5-22(3)31-30(36)28(6-2)32(20-23-15-17-26(41-4)18-16-23)29(35)21-33(24-11-10-12-25(19-24)34(37)38)42(39,40)27-13-8-7-9-14-27/h7-19,22,28H,5-6,20-21H2,1-4H3,(H,31,36)/t22-,28+/m1/s1. The molecule has 3 rings (SSSR count). The average Bonchev–Trinajstić information content (AvgIpc) is 3.00. The Balaban J connectivity index is 2.08. The van der Waals surface area contributed by atoms with Gasteiger partial charge >= 0.3 is 0 Å². The monoisotopic (exact) mass is 596 g/mol. The Morgan fingerprint density at radius 3 is 2.21 bits per heavy atom. The molecule has 2 atom stereocenters. The zero-order valence-electron chi connectivity index (χ0n) is 24.1. The minimum atomic E-state index is -4.34. The molecule has 1 N–H and O–H groups in total. The maximum atomic E-state index is 14.1. The first-order chi connectivity index (χ1) is 20.0. The number of hydrogen-bond acceptors (Lipinski definition) is 7. The van der Waals surface area contributed by atoms with E-state index in [1.807, 2.05) is 13.8 Å². The van der Waals surface area contributed by atoms with Gasteiger partial charge in [0.2, 0.25) is 11.8 Å². The Bertz CT molecular complexity index is 1480. The molecule has 0 aliphatic carbocycles. The molecule has 0 aromatic heterocycles. The van der Waals surface area contributed by atoms with E-state index in [4.69, 9.17) is 4.74 Å². The molecule has 12 heteroatoms. The van der Waals surface area contributed by atoms with E-state index in [1.54, 1.807) is 49.4 Å². The molecular formula is C30H36N4O7S. The van der Waals surface area contributed by atoms with Gasteiger partial charge in [0.1, 0.15) is 18.3 Å². The van der Waals surface area contributed by atoms with Crippen molar-refractivity contribution in [3.8, 4) is 5.75 Å². The third kappa shape index (κ3) is 7.84. The van der Waals surface area contributed by atoms with Gasteiger partial charge in [0.05, 0.1) is 22.6 Å². The second kappa shape index (κ2) is 14.4. The van der Waals surface area contributed by atoms with Crippen LogP contribution < -0.4 is 14.4 Å². The highest BCUT2D eigenvalue weighted by atomic mass is 32.2. The lowest BCUT2D eigenvalue weighted by Gasteiger charge is -2.33. The normalized spacial score (nSPS) is 12.6. The van der Waals surface area contributed by atoms with E-state index in [2.05, 4.69) is 5.32 Å². The van der Waals surface area contributed by atoms with Gasteiger partial charge in [-0.2, -0.15) is 0 Å². The molecule has 0 aliphatic rings. The van der Waals surface area contributed by atoms with Gasteiger partial charge in [0, 0.05) is 24.7 Å². The minimum Gasteiger partial charge on any atom is -0.497 e. The lowest BCUT2D eigenvalue weighted by molar-refractivity contribution is -0.384. The summed E-state index contributed by atoms with van der Waals surface area (Å²) in [7, 11) is -2.80. The van der Waals surface area contributed by atoms with Gasteiger partial charge in [0.15, 0.2) is 0 Å². The molecule has 0 unspecified atom stereocenters. The Hall–Kier alpha value is -4.45.